The molecule has 0 radical (unpaired) electrons. The molecule has 0 aromatic heterocycles. The average Bonchev–Trinajstić information content (AvgIpc) is 3.20. The van der Waals surface area contributed by atoms with E-state index in [9.17, 15) is 0 Å². The van der Waals surface area contributed by atoms with E-state index in [0.29, 0.717) is 24.0 Å². The Morgan fingerprint density at radius 2 is 1.79 bits per heavy atom. The van der Waals surface area contributed by atoms with Gasteiger partial charge in [-0.25, -0.2) is 0 Å². The highest BCUT2D eigenvalue weighted by Crippen LogP contribution is 2.22. The lowest BCUT2D eigenvalue weighted by atomic mass is 9.97. The van der Waals surface area contributed by atoms with E-state index < -0.39 is 0 Å². The van der Waals surface area contributed by atoms with E-state index in [1.54, 1.807) is 0 Å². The van der Waals surface area contributed by atoms with E-state index in [4.69, 9.17) is 14.5 Å². The molecule has 0 saturated carbocycles. The Kier molecular flexibility index (Phi) is 10.5. The van der Waals surface area contributed by atoms with Crippen molar-refractivity contribution in [1.29, 1.82) is 0 Å². The maximum Gasteiger partial charge on any atom is 0.191 e. The Labute approximate surface area is 172 Å². The molecule has 0 amide bonds. The molecule has 2 aliphatic heterocycles. The number of hydrogen-bond acceptors (Lipinski definition) is 5. The van der Waals surface area contributed by atoms with Crippen molar-refractivity contribution < 1.29 is 9.47 Å². The van der Waals surface area contributed by atoms with E-state index in [1.165, 1.54) is 0 Å². The van der Waals surface area contributed by atoms with Crippen LogP contribution in [0.25, 0.3) is 0 Å². The predicted octanol–water partition coefficient (Wildman–Crippen LogP) is 1.40. The molecule has 2 heterocycles. The topological polar surface area (TPSA) is 61.4 Å². The second-order valence-corrected chi connectivity index (χ2v) is 8.41. The second kappa shape index (κ2) is 12.6. The number of ether oxygens (including phenoxy) is 2. The fourth-order valence-corrected chi connectivity index (χ4v) is 4.27. The summed E-state index contributed by atoms with van der Waals surface area (Å²) in [6.45, 7) is 20.1. The first kappa shape index (κ1) is 23.4. The van der Waals surface area contributed by atoms with Gasteiger partial charge in [-0.2, -0.15) is 0 Å². The van der Waals surface area contributed by atoms with E-state index in [-0.39, 0.29) is 0 Å². The molecular weight excluding hydrogens is 354 g/mol. The van der Waals surface area contributed by atoms with Crippen LogP contribution in [0.1, 0.15) is 41.0 Å². The summed E-state index contributed by atoms with van der Waals surface area (Å²) in [5.74, 6) is 1.49. The molecule has 7 heteroatoms. The highest BCUT2D eigenvalue weighted by molar-refractivity contribution is 5.79. The van der Waals surface area contributed by atoms with Gasteiger partial charge >= 0.3 is 0 Å². The van der Waals surface area contributed by atoms with Crippen molar-refractivity contribution in [2.75, 3.05) is 65.7 Å². The minimum atomic E-state index is 0.435. The van der Waals surface area contributed by atoms with Crippen molar-refractivity contribution in [2.24, 2.45) is 10.9 Å². The third-order valence-corrected chi connectivity index (χ3v) is 5.79. The van der Waals surface area contributed by atoms with Crippen LogP contribution < -0.4 is 10.6 Å². The number of aliphatic imine (C=N–C) groups is 1. The van der Waals surface area contributed by atoms with Crippen molar-refractivity contribution in [3.63, 3.8) is 0 Å². The number of guanidine groups is 1. The Hall–Kier alpha value is -0.890. The Balaban J connectivity index is 1.93. The van der Waals surface area contributed by atoms with Gasteiger partial charge in [0.2, 0.25) is 0 Å². The maximum absolute atomic E-state index is 5.68. The summed E-state index contributed by atoms with van der Waals surface area (Å²) in [6, 6.07) is 1.54. The van der Waals surface area contributed by atoms with Crippen LogP contribution in [0.15, 0.2) is 4.99 Å². The molecule has 7 nitrogen and oxygen atoms in total. The largest absolute Gasteiger partial charge is 0.381 e. The summed E-state index contributed by atoms with van der Waals surface area (Å²) in [5, 5.41) is 6.94. The lowest BCUT2D eigenvalue weighted by Crippen LogP contribution is -2.50. The van der Waals surface area contributed by atoms with Crippen molar-refractivity contribution in [3.05, 3.63) is 0 Å². The van der Waals surface area contributed by atoms with Gasteiger partial charge in [0.15, 0.2) is 5.96 Å². The minimum Gasteiger partial charge on any atom is -0.381 e. The zero-order chi connectivity index (χ0) is 20.4. The lowest BCUT2D eigenvalue weighted by Gasteiger charge is -2.36. The molecule has 2 unspecified atom stereocenters. The van der Waals surface area contributed by atoms with Crippen LogP contribution >= 0.6 is 0 Å². The first-order chi connectivity index (χ1) is 13.5. The predicted molar refractivity (Wildman–Crippen MR) is 116 cm³/mol. The van der Waals surface area contributed by atoms with Gasteiger partial charge in [-0.1, -0.05) is 0 Å². The first-order valence-corrected chi connectivity index (χ1v) is 11.2. The van der Waals surface area contributed by atoms with Gasteiger partial charge in [-0.3, -0.25) is 14.8 Å². The Bertz CT molecular complexity index is 438. The summed E-state index contributed by atoms with van der Waals surface area (Å²) < 4.78 is 11.2. The number of hydrogen-bond donors (Lipinski definition) is 2. The summed E-state index contributed by atoms with van der Waals surface area (Å²) >= 11 is 0. The summed E-state index contributed by atoms with van der Waals surface area (Å²) in [4.78, 5) is 10.0. The van der Waals surface area contributed by atoms with Crippen LogP contribution in [0.2, 0.25) is 0 Å². The van der Waals surface area contributed by atoms with Crippen molar-refractivity contribution in [3.8, 4) is 0 Å². The number of morpholine rings is 1. The minimum absolute atomic E-state index is 0.435. The van der Waals surface area contributed by atoms with Gasteiger partial charge < -0.3 is 20.1 Å². The number of nitrogens with zero attached hydrogens (tertiary/aromatic N) is 3. The van der Waals surface area contributed by atoms with Gasteiger partial charge in [-0.15, -0.1) is 0 Å². The molecule has 2 rings (SSSR count). The van der Waals surface area contributed by atoms with Gasteiger partial charge in [-0.05, 0) is 41.0 Å². The normalized spacial score (nSPS) is 23.0. The third kappa shape index (κ3) is 7.50. The Morgan fingerprint density at radius 1 is 1.07 bits per heavy atom. The smallest absolute Gasteiger partial charge is 0.191 e. The molecule has 0 bridgehead atoms. The summed E-state index contributed by atoms with van der Waals surface area (Å²) in [7, 11) is 0. The van der Waals surface area contributed by atoms with Crippen molar-refractivity contribution in [2.45, 2.75) is 59.2 Å². The quantitative estimate of drug-likeness (QED) is 0.429. The second-order valence-electron chi connectivity index (χ2n) is 8.41. The van der Waals surface area contributed by atoms with Gasteiger partial charge in [0, 0.05) is 63.4 Å². The molecule has 2 N–H and O–H groups in total. The Morgan fingerprint density at radius 3 is 2.36 bits per heavy atom. The van der Waals surface area contributed by atoms with Crippen molar-refractivity contribution >= 4 is 5.96 Å². The van der Waals surface area contributed by atoms with Gasteiger partial charge in [0.1, 0.15) is 0 Å². The molecule has 2 atom stereocenters. The van der Waals surface area contributed by atoms with Crippen LogP contribution in [0.3, 0.4) is 0 Å². The monoisotopic (exact) mass is 397 g/mol. The van der Waals surface area contributed by atoms with Gasteiger partial charge in [0.25, 0.3) is 0 Å². The standard InChI is InChI=1S/C21H43N5O2/c1-6-22-21(23-8-9-26(17(2)3)18(4)5)24-15-20(19-7-12-28-16-19)25-10-13-27-14-11-25/h17-20H,6-16H2,1-5H3,(H2,22,23,24). The van der Waals surface area contributed by atoms with E-state index in [1.807, 2.05) is 0 Å². The van der Waals surface area contributed by atoms with E-state index in [0.717, 1.165) is 78.1 Å². The van der Waals surface area contributed by atoms with Gasteiger partial charge in [0.05, 0.1) is 26.4 Å². The van der Waals surface area contributed by atoms with Crippen molar-refractivity contribution in [1.82, 2.24) is 20.4 Å². The average molecular weight is 398 g/mol. The fourth-order valence-electron chi connectivity index (χ4n) is 4.27. The number of nitrogens with one attached hydrogen (secondary N) is 2. The lowest BCUT2D eigenvalue weighted by molar-refractivity contribution is 0.00368. The van der Waals surface area contributed by atoms with Crippen LogP contribution in [0.5, 0.6) is 0 Å². The van der Waals surface area contributed by atoms with Crippen LogP contribution in [-0.4, -0.2) is 99.6 Å². The highest BCUT2D eigenvalue weighted by Gasteiger charge is 2.31. The summed E-state index contributed by atoms with van der Waals surface area (Å²) in [5.41, 5.74) is 0. The zero-order valence-electron chi connectivity index (χ0n) is 18.7. The van der Waals surface area contributed by atoms with E-state index in [2.05, 4.69) is 55.1 Å². The first-order valence-electron chi connectivity index (χ1n) is 11.2. The molecule has 164 valence electrons. The van der Waals surface area contributed by atoms with Crippen LogP contribution in [-0.2, 0) is 9.47 Å². The molecule has 0 aliphatic carbocycles. The molecule has 0 aromatic carbocycles. The third-order valence-electron chi connectivity index (χ3n) is 5.79. The van der Waals surface area contributed by atoms with Crippen LogP contribution in [0.4, 0.5) is 0 Å². The molecule has 28 heavy (non-hydrogen) atoms. The summed E-state index contributed by atoms with van der Waals surface area (Å²) in [6.07, 6.45) is 1.14. The highest BCUT2D eigenvalue weighted by atomic mass is 16.5. The SMILES string of the molecule is CCNC(=NCC(C1CCOC1)N1CCOCC1)NCCN(C(C)C)C(C)C. The molecule has 2 saturated heterocycles. The molecule has 2 aliphatic rings. The van der Waals surface area contributed by atoms with E-state index >= 15 is 0 Å². The molecule has 0 spiro atoms. The molecular formula is C21H43N5O2. The molecule has 0 aromatic rings. The zero-order valence-corrected chi connectivity index (χ0v) is 18.7. The number of rotatable bonds is 10. The van der Waals surface area contributed by atoms with Crippen LogP contribution in [0, 0.1) is 5.92 Å². The fraction of sp³-hybridized carbons (Fsp3) is 0.952. The maximum atomic E-state index is 5.68. The molecule has 2 fully saturated rings.